The van der Waals surface area contributed by atoms with Gasteiger partial charge in [0.05, 0.1) is 17.9 Å². The minimum Gasteiger partial charge on any atom is -0.352 e. The van der Waals surface area contributed by atoms with Crippen LogP contribution in [0.5, 0.6) is 0 Å². The van der Waals surface area contributed by atoms with Crippen molar-refractivity contribution in [3.8, 4) is 6.07 Å². The standard InChI is InChI=1S/C13H23N3O/c1-3-6-13(7-4-9-15-10-13)12(17)16-11(2)5-8-14/h11,15H,3-7,9-10H2,1-2H3,(H,16,17). The van der Waals surface area contributed by atoms with Crippen molar-refractivity contribution in [1.29, 1.82) is 5.26 Å². The average Bonchev–Trinajstić information content (AvgIpc) is 2.30. The Morgan fingerprint density at radius 1 is 1.65 bits per heavy atom. The molecule has 0 saturated carbocycles. The predicted molar refractivity (Wildman–Crippen MR) is 67.3 cm³/mol. The van der Waals surface area contributed by atoms with E-state index < -0.39 is 0 Å². The molecule has 0 bridgehead atoms. The van der Waals surface area contributed by atoms with Crippen LogP contribution in [0.1, 0.15) is 46.0 Å². The van der Waals surface area contributed by atoms with Gasteiger partial charge in [-0.3, -0.25) is 4.79 Å². The Balaban J connectivity index is 2.63. The topological polar surface area (TPSA) is 64.9 Å². The van der Waals surface area contributed by atoms with Crippen LogP contribution in [0.3, 0.4) is 0 Å². The van der Waals surface area contributed by atoms with E-state index in [0.717, 1.165) is 38.8 Å². The molecule has 1 heterocycles. The van der Waals surface area contributed by atoms with Crippen molar-refractivity contribution in [2.24, 2.45) is 5.41 Å². The number of rotatable bonds is 5. The van der Waals surface area contributed by atoms with Crippen LogP contribution >= 0.6 is 0 Å². The summed E-state index contributed by atoms with van der Waals surface area (Å²) < 4.78 is 0. The van der Waals surface area contributed by atoms with Crippen LogP contribution in [0.25, 0.3) is 0 Å². The van der Waals surface area contributed by atoms with Crippen molar-refractivity contribution in [3.63, 3.8) is 0 Å². The number of nitriles is 1. The van der Waals surface area contributed by atoms with Crippen molar-refractivity contribution < 1.29 is 4.79 Å². The molecule has 1 aliphatic rings. The second kappa shape index (κ2) is 6.61. The molecular formula is C13H23N3O. The van der Waals surface area contributed by atoms with E-state index in [1.807, 2.05) is 6.92 Å². The first-order valence-electron chi connectivity index (χ1n) is 6.53. The van der Waals surface area contributed by atoms with E-state index in [-0.39, 0.29) is 17.4 Å². The zero-order valence-electron chi connectivity index (χ0n) is 10.9. The van der Waals surface area contributed by atoms with Crippen LogP contribution in [-0.2, 0) is 4.79 Å². The minimum absolute atomic E-state index is 0.0526. The van der Waals surface area contributed by atoms with Gasteiger partial charge in [0.15, 0.2) is 0 Å². The van der Waals surface area contributed by atoms with Gasteiger partial charge in [0.25, 0.3) is 0 Å². The normalized spacial score (nSPS) is 25.9. The Kier molecular flexibility index (Phi) is 5.43. The second-order valence-corrected chi connectivity index (χ2v) is 5.05. The number of piperidine rings is 1. The predicted octanol–water partition coefficient (Wildman–Crippen LogP) is 1.57. The third-order valence-electron chi connectivity index (χ3n) is 3.46. The largest absolute Gasteiger partial charge is 0.352 e. The van der Waals surface area contributed by atoms with E-state index >= 15 is 0 Å². The molecule has 0 aromatic carbocycles. The SMILES string of the molecule is CCCC1(C(=O)NC(C)CC#N)CCCNC1. The molecule has 2 unspecified atom stereocenters. The lowest BCUT2D eigenvalue weighted by atomic mass is 9.76. The van der Waals surface area contributed by atoms with Gasteiger partial charge in [-0.25, -0.2) is 0 Å². The summed E-state index contributed by atoms with van der Waals surface area (Å²) >= 11 is 0. The zero-order valence-corrected chi connectivity index (χ0v) is 10.9. The highest BCUT2D eigenvalue weighted by Gasteiger charge is 2.38. The van der Waals surface area contributed by atoms with E-state index in [9.17, 15) is 4.79 Å². The molecule has 4 heteroatoms. The Bertz CT molecular complexity index is 284. The maximum absolute atomic E-state index is 12.3. The van der Waals surface area contributed by atoms with Crippen LogP contribution in [0.15, 0.2) is 0 Å². The zero-order chi connectivity index (χ0) is 12.7. The maximum Gasteiger partial charge on any atom is 0.227 e. The van der Waals surface area contributed by atoms with E-state index in [1.165, 1.54) is 0 Å². The molecule has 0 radical (unpaired) electrons. The highest BCUT2D eigenvalue weighted by molar-refractivity contribution is 5.83. The lowest BCUT2D eigenvalue weighted by molar-refractivity contribution is -0.133. The number of carbonyl (C=O) groups excluding carboxylic acids is 1. The Labute approximate surface area is 104 Å². The van der Waals surface area contributed by atoms with Gasteiger partial charge in [-0.1, -0.05) is 13.3 Å². The van der Waals surface area contributed by atoms with Gasteiger partial charge in [-0.2, -0.15) is 5.26 Å². The van der Waals surface area contributed by atoms with Crippen molar-refractivity contribution in [2.75, 3.05) is 13.1 Å². The van der Waals surface area contributed by atoms with Crippen molar-refractivity contribution in [1.82, 2.24) is 10.6 Å². The molecule has 2 N–H and O–H groups in total. The van der Waals surface area contributed by atoms with Crippen molar-refractivity contribution in [3.05, 3.63) is 0 Å². The van der Waals surface area contributed by atoms with E-state index in [0.29, 0.717) is 6.42 Å². The second-order valence-electron chi connectivity index (χ2n) is 5.05. The fourth-order valence-electron chi connectivity index (χ4n) is 2.53. The monoisotopic (exact) mass is 237 g/mol. The number of nitrogens with one attached hydrogen (secondary N) is 2. The Hall–Kier alpha value is -1.08. The average molecular weight is 237 g/mol. The van der Waals surface area contributed by atoms with Gasteiger partial charge in [-0.05, 0) is 32.7 Å². The molecule has 1 aliphatic heterocycles. The molecule has 1 amide bonds. The van der Waals surface area contributed by atoms with Crippen LogP contribution in [0.2, 0.25) is 0 Å². The van der Waals surface area contributed by atoms with Crippen molar-refractivity contribution >= 4 is 5.91 Å². The van der Waals surface area contributed by atoms with E-state index in [2.05, 4.69) is 23.6 Å². The summed E-state index contributed by atoms with van der Waals surface area (Å²) in [5.41, 5.74) is -0.253. The molecule has 1 rings (SSSR count). The van der Waals surface area contributed by atoms with E-state index in [4.69, 9.17) is 5.26 Å². The number of hydrogen-bond acceptors (Lipinski definition) is 3. The van der Waals surface area contributed by atoms with Gasteiger partial charge in [0.1, 0.15) is 0 Å². The quantitative estimate of drug-likeness (QED) is 0.763. The highest BCUT2D eigenvalue weighted by atomic mass is 16.2. The first kappa shape index (κ1) is 14.0. The smallest absolute Gasteiger partial charge is 0.227 e. The first-order chi connectivity index (χ1) is 8.14. The first-order valence-corrected chi connectivity index (χ1v) is 6.53. The summed E-state index contributed by atoms with van der Waals surface area (Å²) in [5, 5.41) is 14.9. The lowest BCUT2D eigenvalue weighted by Crippen LogP contribution is -2.52. The van der Waals surface area contributed by atoms with Gasteiger partial charge >= 0.3 is 0 Å². The molecule has 96 valence electrons. The number of amides is 1. The molecule has 0 aliphatic carbocycles. The van der Waals surface area contributed by atoms with Crippen molar-refractivity contribution in [2.45, 2.75) is 52.0 Å². The molecule has 1 fully saturated rings. The molecule has 0 aromatic heterocycles. The fourth-order valence-corrected chi connectivity index (χ4v) is 2.53. The van der Waals surface area contributed by atoms with Crippen LogP contribution in [0, 0.1) is 16.7 Å². The third kappa shape index (κ3) is 3.71. The third-order valence-corrected chi connectivity index (χ3v) is 3.46. The number of nitrogens with zero attached hydrogens (tertiary/aromatic N) is 1. The fraction of sp³-hybridized carbons (Fsp3) is 0.846. The summed E-state index contributed by atoms with van der Waals surface area (Å²) in [4.78, 5) is 12.3. The molecular weight excluding hydrogens is 214 g/mol. The molecule has 1 saturated heterocycles. The van der Waals surface area contributed by atoms with E-state index in [1.54, 1.807) is 0 Å². The summed E-state index contributed by atoms with van der Waals surface area (Å²) in [6.07, 6.45) is 4.33. The van der Waals surface area contributed by atoms with Gasteiger partial charge in [0, 0.05) is 12.6 Å². The summed E-state index contributed by atoms with van der Waals surface area (Å²) in [7, 11) is 0. The maximum atomic E-state index is 12.3. The number of carbonyl (C=O) groups is 1. The molecule has 2 atom stereocenters. The molecule has 0 spiro atoms. The van der Waals surface area contributed by atoms with Crippen LogP contribution in [-0.4, -0.2) is 25.0 Å². The summed E-state index contributed by atoms with van der Waals surface area (Å²) in [6, 6.07) is 2.04. The molecule has 4 nitrogen and oxygen atoms in total. The van der Waals surface area contributed by atoms with Gasteiger partial charge in [0.2, 0.25) is 5.91 Å². The number of hydrogen-bond donors (Lipinski definition) is 2. The Morgan fingerprint density at radius 3 is 2.94 bits per heavy atom. The lowest BCUT2D eigenvalue weighted by Gasteiger charge is -2.36. The Morgan fingerprint density at radius 2 is 2.41 bits per heavy atom. The molecule has 17 heavy (non-hydrogen) atoms. The van der Waals surface area contributed by atoms with Gasteiger partial charge < -0.3 is 10.6 Å². The summed E-state index contributed by atoms with van der Waals surface area (Å²) in [5.74, 6) is 0.120. The van der Waals surface area contributed by atoms with Crippen LogP contribution < -0.4 is 10.6 Å². The minimum atomic E-state index is -0.253. The highest BCUT2D eigenvalue weighted by Crippen LogP contribution is 2.32. The van der Waals surface area contributed by atoms with Gasteiger partial charge in [-0.15, -0.1) is 0 Å². The van der Waals surface area contributed by atoms with Crippen LogP contribution in [0.4, 0.5) is 0 Å². The molecule has 0 aromatic rings. The summed E-state index contributed by atoms with van der Waals surface area (Å²) in [6.45, 7) is 5.78.